The van der Waals surface area contributed by atoms with E-state index in [1.54, 1.807) is 30.3 Å². The van der Waals surface area contributed by atoms with Crippen molar-refractivity contribution in [3.63, 3.8) is 0 Å². The van der Waals surface area contributed by atoms with Crippen LogP contribution in [0.1, 0.15) is 20.7 Å². The number of Topliss-reactive ketones (excluding diaryl/α,β-unsaturated/α-hetero) is 1. The van der Waals surface area contributed by atoms with Crippen molar-refractivity contribution in [2.75, 3.05) is 18.2 Å². The summed E-state index contributed by atoms with van der Waals surface area (Å²) in [5.74, 6) is -0.00904. The molecule has 1 amide bonds. The molecule has 0 saturated carbocycles. The second-order valence-corrected chi connectivity index (χ2v) is 8.79. The van der Waals surface area contributed by atoms with Gasteiger partial charge in [-0.25, -0.2) is 9.37 Å². The SMILES string of the molecule is COc1ccccc1C(=O)Nc1ccc2nc(SCC(=O)c3ccc(F)cc3)sc2c1. The molecule has 156 valence electrons. The van der Waals surface area contributed by atoms with Crippen LogP contribution in [-0.4, -0.2) is 29.5 Å². The minimum atomic E-state index is -0.371. The third-order valence-electron chi connectivity index (χ3n) is 4.47. The smallest absolute Gasteiger partial charge is 0.259 e. The van der Waals surface area contributed by atoms with Crippen LogP contribution in [0.5, 0.6) is 5.75 Å². The molecule has 0 aliphatic rings. The Labute approximate surface area is 186 Å². The predicted molar refractivity (Wildman–Crippen MR) is 122 cm³/mol. The summed E-state index contributed by atoms with van der Waals surface area (Å²) in [5, 5.41) is 2.88. The van der Waals surface area contributed by atoms with Crippen LogP contribution >= 0.6 is 23.1 Å². The molecule has 5 nitrogen and oxygen atoms in total. The molecule has 0 saturated heterocycles. The summed E-state index contributed by atoms with van der Waals surface area (Å²) in [5.41, 5.74) is 2.35. The Morgan fingerprint density at radius 2 is 1.87 bits per heavy atom. The standard InChI is InChI=1S/C23H17FN2O3S2/c1-29-20-5-3-2-4-17(20)22(28)25-16-10-11-18-21(12-16)31-23(26-18)30-13-19(27)14-6-8-15(24)9-7-14/h2-12H,13H2,1H3,(H,25,28). The van der Waals surface area contributed by atoms with Gasteiger partial charge in [-0.3, -0.25) is 9.59 Å². The summed E-state index contributed by atoms with van der Waals surface area (Å²) < 4.78 is 19.9. The molecule has 0 spiro atoms. The number of fused-ring (bicyclic) bond motifs is 1. The second kappa shape index (κ2) is 9.28. The fourth-order valence-electron chi connectivity index (χ4n) is 2.92. The average molecular weight is 453 g/mol. The summed E-state index contributed by atoms with van der Waals surface area (Å²) in [4.78, 5) is 29.4. The van der Waals surface area contributed by atoms with E-state index >= 15 is 0 Å². The summed E-state index contributed by atoms with van der Waals surface area (Å²) >= 11 is 2.78. The molecule has 3 aromatic carbocycles. The van der Waals surface area contributed by atoms with Crippen molar-refractivity contribution in [1.82, 2.24) is 4.98 Å². The van der Waals surface area contributed by atoms with Crippen molar-refractivity contribution in [2.45, 2.75) is 4.34 Å². The Morgan fingerprint density at radius 3 is 2.65 bits per heavy atom. The van der Waals surface area contributed by atoms with Crippen LogP contribution in [0, 0.1) is 5.82 Å². The quantitative estimate of drug-likeness (QED) is 0.289. The molecule has 0 atom stereocenters. The molecular weight excluding hydrogens is 435 g/mol. The topological polar surface area (TPSA) is 68.3 Å². The number of aromatic nitrogens is 1. The van der Waals surface area contributed by atoms with Crippen molar-refractivity contribution < 1.29 is 18.7 Å². The highest BCUT2D eigenvalue weighted by molar-refractivity contribution is 8.01. The van der Waals surface area contributed by atoms with Gasteiger partial charge in [-0.15, -0.1) is 11.3 Å². The van der Waals surface area contributed by atoms with Crippen LogP contribution in [-0.2, 0) is 0 Å². The lowest BCUT2D eigenvalue weighted by Crippen LogP contribution is -2.12. The number of ether oxygens (including phenoxy) is 1. The van der Waals surface area contributed by atoms with Crippen LogP contribution in [0.3, 0.4) is 0 Å². The van der Waals surface area contributed by atoms with Gasteiger partial charge >= 0.3 is 0 Å². The van der Waals surface area contributed by atoms with E-state index in [0.717, 1.165) is 14.6 Å². The fourth-order valence-corrected chi connectivity index (χ4v) is 4.92. The third kappa shape index (κ3) is 4.92. The van der Waals surface area contributed by atoms with Gasteiger partial charge in [0.15, 0.2) is 10.1 Å². The number of rotatable bonds is 7. The number of hydrogen-bond donors (Lipinski definition) is 1. The van der Waals surface area contributed by atoms with Gasteiger partial charge in [-0.2, -0.15) is 0 Å². The van der Waals surface area contributed by atoms with Gasteiger partial charge in [-0.1, -0.05) is 23.9 Å². The van der Waals surface area contributed by atoms with E-state index in [-0.39, 0.29) is 23.3 Å². The Morgan fingerprint density at radius 1 is 1.10 bits per heavy atom. The number of thioether (sulfide) groups is 1. The number of methoxy groups -OCH3 is 1. The van der Waals surface area contributed by atoms with E-state index in [2.05, 4.69) is 10.3 Å². The highest BCUT2D eigenvalue weighted by Crippen LogP contribution is 2.32. The maximum Gasteiger partial charge on any atom is 0.259 e. The number of thiazole rings is 1. The average Bonchev–Trinajstić information content (AvgIpc) is 3.20. The Balaban J connectivity index is 1.45. The number of carbonyl (C=O) groups is 2. The van der Waals surface area contributed by atoms with Crippen LogP contribution < -0.4 is 10.1 Å². The molecule has 0 aliphatic heterocycles. The van der Waals surface area contributed by atoms with Crippen LogP contribution in [0.15, 0.2) is 71.1 Å². The molecule has 0 fully saturated rings. The zero-order chi connectivity index (χ0) is 21.8. The van der Waals surface area contributed by atoms with Crippen molar-refractivity contribution in [3.8, 4) is 5.75 Å². The molecule has 8 heteroatoms. The largest absolute Gasteiger partial charge is 0.496 e. The Hall–Kier alpha value is -3.23. The van der Waals surface area contributed by atoms with E-state index in [0.29, 0.717) is 22.6 Å². The molecule has 0 radical (unpaired) electrons. The van der Waals surface area contributed by atoms with E-state index in [4.69, 9.17) is 4.74 Å². The van der Waals surface area contributed by atoms with E-state index in [9.17, 15) is 14.0 Å². The second-order valence-electron chi connectivity index (χ2n) is 6.54. The molecule has 4 aromatic rings. The number of benzene rings is 3. The predicted octanol–water partition coefficient (Wildman–Crippen LogP) is 5.67. The third-order valence-corrected chi connectivity index (χ3v) is 6.63. The molecule has 0 unspecified atom stereocenters. The van der Waals surface area contributed by atoms with Crippen molar-refractivity contribution in [3.05, 3.63) is 83.7 Å². The number of para-hydroxylation sites is 1. The van der Waals surface area contributed by atoms with E-state index in [1.165, 1.54) is 54.5 Å². The minimum Gasteiger partial charge on any atom is -0.496 e. The molecule has 1 aromatic heterocycles. The lowest BCUT2D eigenvalue weighted by molar-refractivity contribution is 0.101. The Kier molecular flexibility index (Phi) is 6.29. The maximum absolute atomic E-state index is 13.0. The number of nitrogens with zero attached hydrogens (tertiary/aromatic N) is 1. The molecule has 1 heterocycles. The first kappa shape index (κ1) is 21.0. The lowest BCUT2D eigenvalue weighted by atomic mass is 10.1. The zero-order valence-electron chi connectivity index (χ0n) is 16.4. The van der Waals surface area contributed by atoms with Gasteiger partial charge in [0.2, 0.25) is 0 Å². The summed E-state index contributed by atoms with van der Waals surface area (Å²) in [7, 11) is 1.52. The van der Waals surface area contributed by atoms with Gasteiger partial charge in [0.05, 0.1) is 28.6 Å². The highest BCUT2D eigenvalue weighted by atomic mass is 32.2. The first-order chi connectivity index (χ1) is 15.0. The molecule has 31 heavy (non-hydrogen) atoms. The fraction of sp³-hybridized carbons (Fsp3) is 0.0870. The van der Waals surface area contributed by atoms with Gasteiger partial charge in [-0.05, 0) is 54.6 Å². The normalized spacial score (nSPS) is 10.8. The number of hydrogen-bond acceptors (Lipinski definition) is 6. The van der Waals surface area contributed by atoms with Crippen LogP contribution in [0.2, 0.25) is 0 Å². The number of nitrogens with one attached hydrogen (secondary N) is 1. The number of ketones is 1. The maximum atomic E-state index is 13.0. The molecule has 0 bridgehead atoms. The van der Waals surface area contributed by atoms with Gasteiger partial charge in [0.1, 0.15) is 11.6 Å². The molecular formula is C23H17FN2O3S2. The van der Waals surface area contributed by atoms with E-state index in [1.807, 2.05) is 12.1 Å². The summed E-state index contributed by atoms with van der Waals surface area (Å²) in [6.07, 6.45) is 0. The van der Waals surface area contributed by atoms with Crippen LogP contribution in [0.25, 0.3) is 10.2 Å². The van der Waals surface area contributed by atoms with Crippen molar-refractivity contribution >= 4 is 50.7 Å². The summed E-state index contributed by atoms with van der Waals surface area (Å²) in [6, 6.07) is 18.0. The first-order valence-electron chi connectivity index (χ1n) is 9.30. The van der Waals surface area contributed by atoms with E-state index < -0.39 is 0 Å². The molecule has 0 aliphatic carbocycles. The van der Waals surface area contributed by atoms with Crippen molar-refractivity contribution in [1.29, 1.82) is 0 Å². The Bertz CT molecular complexity index is 1260. The number of carbonyl (C=O) groups excluding carboxylic acids is 2. The van der Waals surface area contributed by atoms with Gasteiger partial charge in [0.25, 0.3) is 5.91 Å². The molecule has 4 rings (SSSR count). The monoisotopic (exact) mass is 452 g/mol. The zero-order valence-corrected chi connectivity index (χ0v) is 18.1. The van der Waals surface area contributed by atoms with Crippen molar-refractivity contribution in [2.24, 2.45) is 0 Å². The number of amides is 1. The number of anilines is 1. The lowest BCUT2D eigenvalue weighted by Gasteiger charge is -2.09. The number of halogens is 1. The van der Waals surface area contributed by atoms with Gasteiger partial charge < -0.3 is 10.1 Å². The highest BCUT2D eigenvalue weighted by Gasteiger charge is 2.14. The molecule has 1 N–H and O–H groups in total. The first-order valence-corrected chi connectivity index (χ1v) is 11.1. The minimum absolute atomic E-state index is 0.0889. The summed E-state index contributed by atoms with van der Waals surface area (Å²) in [6.45, 7) is 0. The van der Waals surface area contributed by atoms with Gasteiger partial charge in [0, 0.05) is 11.3 Å². The van der Waals surface area contributed by atoms with Crippen LogP contribution in [0.4, 0.5) is 10.1 Å².